The molecule has 1 radical (unpaired) electrons. The van der Waals surface area contributed by atoms with Gasteiger partial charge in [0, 0.05) is 10.2 Å². The van der Waals surface area contributed by atoms with Crippen LogP contribution in [0.3, 0.4) is 0 Å². The van der Waals surface area contributed by atoms with Gasteiger partial charge in [-0.1, -0.05) is 40.2 Å². The van der Waals surface area contributed by atoms with Crippen molar-refractivity contribution in [3.63, 3.8) is 0 Å². The monoisotopic (exact) mass is 274 g/mol. The first kappa shape index (κ1) is 11.2. The predicted molar refractivity (Wildman–Crippen MR) is 72.1 cm³/mol. The van der Waals surface area contributed by atoms with E-state index in [9.17, 15) is 0 Å². The van der Waals surface area contributed by atoms with Crippen molar-refractivity contribution in [3.05, 3.63) is 70.6 Å². The molecule has 0 atom stereocenters. The highest BCUT2D eigenvalue weighted by Gasteiger charge is 1.97. The van der Waals surface area contributed by atoms with Gasteiger partial charge >= 0.3 is 0 Å². The van der Waals surface area contributed by atoms with Crippen LogP contribution >= 0.6 is 15.9 Å². The number of rotatable bonds is 3. The van der Waals surface area contributed by atoms with Gasteiger partial charge in [0.2, 0.25) is 0 Å². The van der Waals surface area contributed by atoms with Crippen LogP contribution < -0.4 is 5.73 Å². The molecule has 0 fully saturated rings. The third-order valence-electron chi connectivity index (χ3n) is 2.39. The molecule has 81 valence electrons. The van der Waals surface area contributed by atoms with E-state index >= 15 is 0 Å². The molecule has 0 spiro atoms. The Labute approximate surface area is 104 Å². The van der Waals surface area contributed by atoms with Crippen LogP contribution in [0.5, 0.6) is 0 Å². The molecule has 0 saturated heterocycles. The second-order valence-corrected chi connectivity index (χ2v) is 4.62. The van der Waals surface area contributed by atoms with E-state index in [0.717, 1.165) is 16.6 Å². The lowest BCUT2D eigenvalue weighted by molar-refractivity contribution is 1.17. The first-order chi connectivity index (χ1) is 7.74. The summed E-state index contributed by atoms with van der Waals surface area (Å²) in [4.78, 5) is 0. The highest BCUT2D eigenvalue weighted by molar-refractivity contribution is 9.10. The van der Waals surface area contributed by atoms with Gasteiger partial charge in [-0.15, -0.1) is 0 Å². The van der Waals surface area contributed by atoms with Crippen LogP contribution in [0.15, 0.2) is 53.0 Å². The smallest absolute Gasteiger partial charge is 0.0316 e. The molecule has 0 bridgehead atoms. The minimum Gasteiger partial charge on any atom is -0.399 e. The van der Waals surface area contributed by atoms with E-state index in [1.165, 1.54) is 11.1 Å². The molecule has 1 nitrogen and oxygen atoms in total. The van der Waals surface area contributed by atoms with Crippen molar-refractivity contribution >= 4 is 21.6 Å². The molecule has 2 heteroatoms. The van der Waals surface area contributed by atoms with E-state index in [-0.39, 0.29) is 0 Å². The number of nitrogen functional groups attached to an aromatic ring is 1. The summed E-state index contributed by atoms with van der Waals surface area (Å²) in [5, 5.41) is 0. The van der Waals surface area contributed by atoms with Crippen molar-refractivity contribution < 1.29 is 0 Å². The van der Waals surface area contributed by atoms with Crippen molar-refractivity contribution in [1.29, 1.82) is 0 Å². The average molecular weight is 275 g/mol. The molecule has 0 unspecified atom stereocenters. The molecule has 0 aliphatic heterocycles. The maximum Gasteiger partial charge on any atom is 0.0316 e. The molecule has 2 rings (SSSR count). The fourth-order valence-corrected chi connectivity index (χ4v) is 1.82. The lowest BCUT2D eigenvalue weighted by atomic mass is 10.0. The largest absolute Gasteiger partial charge is 0.399 e. The fraction of sp³-hybridized carbons (Fsp3) is 0.0714. The highest BCUT2D eigenvalue weighted by Crippen LogP contribution is 2.15. The number of hydrogen-bond donors (Lipinski definition) is 1. The zero-order valence-corrected chi connectivity index (χ0v) is 10.4. The van der Waals surface area contributed by atoms with Gasteiger partial charge in [0.05, 0.1) is 0 Å². The van der Waals surface area contributed by atoms with Crippen molar-refractivity contribution in [3.8, 4) is 0 Å². The normalized spacial score (nSPS) is 10.3. The molecule has 0 amide bonds. The molecule has 0 aromatic heterocycles. The van der Waals surface area contributed by atoms with Crippen LogP contribution in [-0.4, -0.2) is 0 Å². The summed E-state index contributed by atoms with van der Waals surface area (Å²) in [5.41, 5.74) is 9.01. The van der Waals surface area contributed by atoms with Gasteiger partial charge in [0.15, 0.2) is 0 Å². The van der Waals surface area contributed by atoms with Crippen LogP contribution in [0.1, 0.15) is 11.1 Å². The summed E-state index contributed by atoms with van der Waals surface area (Å²) in [6.07, 6.45) is 3.11. The molecule has 2 N–H and O–H groups in total. The zero-order valence-electron chi connectivity index (χ0n) is 8.86. The van der Waals surface area contributed by atoms with Gasteiger partial charge in [0.25, 0.3) is 0 Å². The molecule has 0 aliphatic rings. The number of nitrogens with two attached hydrogens (primary N) is 1. The van der Waals surface area contributed by atoms with Crippen LogP contribution in [0.4, 0.5) is 5.69 Å². The SMILES string of the molecule is Nc1cccc(C[CH]c2ccc(Br)cc2)c1. The van der Waals surface area contributed by atoms with Gasteiger partial charge in [0.1, 0.15) is 0 Å². The topological polar surface area (TPSA) is 26.0 Å². The van der Waals surface area contributed by atoms with E-state index in [1.54, 1.807) is 0 Å². The number of hydrogen-bond acceptors (Lipinski definition) is 1. The lowest BCUT2D eigenvalue weighted by Gasteiger charge is -2.03. The van der Waals surface area contributed by atoms with E-state index < -0.39 is 0 Å². The Morgan fingerprint density at radius 1 is 1.06 bits per heavy atom. The lowest BCUT2D eigenvalue weighted by Crippen LogP contribution is -1.91. The zero-order chi connectivity index (χ0) is 11.4. The van der Waals surface area contributed by atoms with E-state index in [2.05, 4.69) is 40.5 Å². The van der Waals surface area contributed by atoms with E-state index in [4.69, 9.17) is 5.73 Å². The second-order valence-electron chi connectivity index (χ2n) is 3.70. The van der Waals surface area contributed by atoms with Crippen molar-refractivity contribution in [2.24, 2.45) is 0 Å². The number of benzene rings is 2. The average Bonchev–Trinajstić information content (AvgIpc) is 2.28. The van der Waals surface area contributed by atoms with Crippen LogP contribution in [0.2, 0.25) is 0 Å². The molecular formula is C14H13BrN. The Kier molecular flexibility index (Phi) is 3.62. The second kappa shape index (κ2) is 5.17. The Morgan fingerprint density at radius 2 is 1.81 bits per heavy atom. The van der Waals surface area contributed by atoms with Crippen molar-refractivity contribution in [1.82, 2.24) is 0 Å². The molecule has 2 aromatic carbocycles. The van der Waals surface area contributed by atoms with Crippen LogP contribution in [-0.2, 0) is 6.42 Å². The molecule has 0 aliphatic carbocycles. The standard InChI is InChI=1S/C14H13BrN/c15-13-8-6-11(7-9-13)4-5-12-2-1-3-14(16)10-12/h1-4,6-10H,5,16H2. The summed E-state index contributed by atoms with van der Waals surface area (Å²) in [6.45, 7) is 0. The number of anilines is 1. The van der Waals surface area contributed by atoms with E-state index in [1.807, 2.05) is 30.3 Å². The minimum atomic E-state index is 0.821. The van der Waals surface area contributed by atoms with Crippen LogP contribution in [0, 0.1) is 6.42 Å². The maximum atomic E-state index is 5.73. The van der Waals surface area contributed by atoms with Crippen molar-refractivity contribution in [2.75, 3.05) is 5.73 Å². The van der Waals surface area contributed by atoms with Gasteiger partial charge in [-0.2, -0.15) is 0 Å². The van der Waals surface area contributed by atoms with Gasteiger partial charge < -0.3 is 5.73 Å². The Hall–Kier alpha value is -1.28. The van der Waals surface area contributed by atoms with Gasteiger partial charge in [-0.05, 0) is 48.2 Å². The third kappa shape index (κ3) is 3.11. The molecular weight excluding hydrogens is 262 g/mol. The maximum absolute atomic E-state index is 5.73. The first-order valence-electron chi connectivity index (χ1n) is 5.17. The predicted octanol–water partition coefficient (Wildman–Crippen LogP) is 3.83. The Bertz CT molecular complexity index is 462. The molecule has 2 aromatic rings. The van der Waals surface area contributed by atoms with E-state index in [0.29, 0.717) is 0 Å². The van der Waals surface area contributed by atoms with Crippen molar-refractivity contribution in [2.45, 2.75) is 6.42 Å². The summed E-state index contributed by atoms with van der Waals surface area (Å²) in [7, 11) is 0. The summed E-state index contributed by atoms with van der Waals surface area (Å²) < 4.78 is 1.11. The van der Waals surface area contributed by atoms with Gasteiger partial charge in [-0.25, -0.2) is 0 Å². The summed E-state index contributed by atoms with van der Waals surface area (Å²) >= 11 is 3.42. The fourth-order valence-electron chi connectivity index (χ4n) is 1.55. The number of halogens is 1. The Morgan fingerprint density at radius 3 is 2.50 bits per heavy atom. The summed E-state index contributed by atoms with van der Waals surface area (Å²) in [6, 6.07) is 16.3. The Balaban J connectivity index is 1.99. The molecule has 16 heavy (non-hydrogen) atoms. The molecule has 0 heterocycles. The minimum absolute atomic E-state index is 0.821. The quantitative estimate of drug-likeness (QED) is 0.846. The van der Waals surface area contributed by atoms with Crippen LogP contribution in [0.25, 0.3) is 0 Å². The summed E-state index contributed by atoms with van der Waals surface area (Å²) in [5.74, 6) is 0. The first-order valence-corrected chi connectivity index (χ1v) is 5.96. The molecule has 0 saturated carbocycles. The third-order valence-corrected chi connectivity index (χ3v) is 2.92. The van der Waals surface area contributed by atoms with Gasteiger partial charge in [-0.3, -0.25) is 0 Å². The highest BCUT2D eigenvalue weighted by atomic mass is 79.9.